The Bertz CT molecular complexity index is 254. The maximum Gasteiger partial charge on any atom is 0.0411 e. The van der Waals surface area contributed by atoms with E-state index in [2.05, 4.69) is 30.6 Å². The summed E-state index contributed by atoms with van der Waals surface area (Å²) in [5.74, 6) is 1.09. The number of hydrogen-bond acceptors (Lipinski definition) is 2. The van der Waals surface area contributed by atoms with Gasteiger partial charge < -0.3 is 5.32 Å². The fraction of sp³-hybridized carbons (Fsp3) is 0.455. The maximum atomic E-state index is 5.84. The van der Waals surface area contributed by atoms with Gasteiger partial charge in [0, 0.05) is 16.8 Å². The molecule has 1 aromatic rings. The second-order valence-corrected chi connectivity index (χ2v) is 4.46. The van der Waals surface area contributed by atoms with Crippen LogP contribution in [-0.4, -0.2) is 18.6 Å². The Morgan fingerprint density at radius 3 is 2.50 bits per heavy atom. The Hall–Kier alpha value is -0.180. The molecule has 0 aliphatic rings. The van der Waals surface area contributed by atoms with Gasteiger partial charge in [0.1, 0.15) is 0 Å². The van der Waals surface area contributed by atoms with Crippen LogP contribution in [0.15, 0.2) is 24.3 Å². The van der Waals surface area contributed by atoms with E-state index in [1.807, 2.05) is 23.9 Å². The third kappa shape index (κ3) is 3.52. The quantitative estimate of drug-likeness (QED) is 0.831. The zero-order chi connectivity index (χ0) is 10.4. The molecule has 0 bridgehead atoms. The van der Waals surface area contributed by atoms with Crippen LogP contribution in [0.5, 0.6) is 0 Å². The molecule has 1 atom stereocenters. The van der Waals surface area contributed by atoms with Gasteiger partial charge in [-0.1, -0.05) is 30.7 Å². The van der Waals surface area contributed by atoms with Crippen LogP contribution in [0.2, 0.25) is 5.02 Å². The molecule has 1 nitrogen and oxygen atoms in total. The summed E-state index contributed by atoms with van der Waals surface area (Å²) >= 11 is 7.70. The minimum absolute atomic E-state index is 0.437. The molecule has 0 fully saturated rings. The van der Waals surface area contributed by atoms with Crippen molar-refractivity contribution in [3.63, 3.8) is 0 Å². The molecule has 0 heterocycles. The molecule has 0 amide bonds. The molecule has 0 saturated carbocycles. The van der Waals surface area contributed by atoms with Crippen LogP contribution >= 0.6 is 23.4 Å². The lowest BCUT2D eigenvalue weighted by Crippen LogP contribution is -2.22. The van der Waals surface area contributed by atoms with Gasteiger partial charge in [0.15, 0.2) is 0 Å². The van der Waals surface area contributed by atoms with E-state index >= 15 is 0 Å². The summed E-state index contributed by atoms with van der Waals surface area (Å²) in [6, 6.07) is 8.51. The van der Waals surface area contributed by atoms with Crippen molar-refractivity contribution in [3.05, 3.63) is 34.9 Å². The third-order valence-corrected chi connectivity index (χ3v) is 2.97. The molecule has 0 saturated heterocycles. The van der Waals surface area contributed by atoms with E-state index in [4.69, 9.17) is 11.6 Å². The summed E-state index contributed by atoms with van der Waals surface area (Å²) in [5, 5.41) is 4.25. The highest BCUT2D eigenvalue weighted by atomic mass is 35.5. The van der Waals surface area contributed by atoms with Gasteiger partial charge in [0.2, 0.25) is 0 Å². The van der Waals surface area contributed by atoms with Crippen LogP contribution in [0, 0.1) is 0 Å². The van der Waals surface area contributed by atoms with E-state index in [1.165, 1.54) is 5.56 Å². The minimum Gasteiger partial charge on any atom is -0.310 e. The Morgan fingerprint density at radius 2 is 2.00 bits per heavy atom. The molecule has 0 aromatic heterocycles. The minimum atomic E-state index is 0.437. The molecule has 1 aromatic carbocycles. The summed E-state index contributed by atoms with van der Waals surface area (Å²) in [4.78, 5) is 0. The Balaban J connectivity index is 2.71. The number of nitrogens with one attached hydrogen (secondary N) is 1. The van der Waals surface area contributed by atoms with Crippen molar-refractivity contribution in [1.82, 2.24) is 5.32 Å². The zero-order valence-electron chi connectivity index (χ0n) is 8.59. The number of benzene rings is 1. The summed E-state index contributed by atoms with van der Waals surface area (Å²) in [5.41, 5.74) is 1.31. The average Bonchev–Trinajstić information content (AvgIpc) is 2.19. The van der Waals surface area contributed by atoms with Gasteiger partial charge in [-0.3, -0.25) is 0 Å². The molecule has 0 spiro atoms. The Labute approximate surface area is 95.2 Å². The summed E-state index contributed by atoms with van der Waals surface area (Å²) in [6.45, 7) is 3.12. The van der Waals surface area contributed by atoms with Crippen molar-refractivity contribution < 1.29 is 0 Å². The normalized spacial score (nSPS) is 12.8. The number of halogens is 1. The first-order valence-electron chi connectivity index (χ1n) is 4.75. The molecule has 3 heteroatoms. The highest BCUT2D eigenvalue weighted by molar-refractivity contribution is 7.98. The Morgan fingerprint density at radius 1 is 1.36 bits per heavy atom. The molecule has 0 aliphatic heterocycles. The second kappa shape index (κ2) is 6.33. The molecule has 14 heavy (non-hydrogen) atoms. The van der Waals surface area contributed by atoms with Crippen molar-refractivity contribution in [2.24, 2.45) is 0 Å². The van der Waals surface area contributed by atoms with Crippen molar-refractivity contribution in [3.8, 4) is 0 Å². The lowest BCUT2D eigenvalue weighted by molar-refractivity contribution is 0.606. The first kappa shape index (κ1) is 11.9. The highest BCUT2D eigenvalue weighted by Crippen LogP contribution is 2.19. The van der Waals surface area contributed by atoms with Gasteiger partial charge in [-0.2, -0.15) is 11.8 Å². The number of thioether (sulfide) groups is 1. The first-order chi connectivity index (χ1) is 6.77. The van der Waals surface area contributed by atoms with E-state index in [-0.39, 0.29) is 0 Å². The van der Waals surface area contributed by atoms with Gasteiger partial charge in [-0.25, -0.2) is 0 Å². The van der Waals surface area contributed by atoms with E-state index in [9.17, 15) is 0 Å². The Kier molecular flexibility index (Phi) is 5.38. The van der Waals surface area contributed by atoms with E-state index in [0.29, 0.717) is 6.04 Å². The molecule has 78 valence electrons. The lowest BCUT2D eigenvalue weighted by atomic mass is 10.1. The monoisotopic (exact) mass is 229 g/mol. The van der Waals surface area contributed by atoms with E-state index in [0.717, 1.165) is 17.3 Å². The van der Waals surface area contributed by atoms with Crippen LogP contribution in [0.1, 0.15) is 18.5 Å². The van der Waals surface area contributed by atoms with E-state index in [1.54, 1.807) is 0 Å². The molecular weight excluding hydrogens is 214 g/mol. The lowest BCUT2D eigenvalue weighted by Gasteiger charge is -2.17. The van der Waals surface area contributed by atoms with Crippen molar-refractivity contribution >= 4 is 23.4 Å². The van der Waals surface area contributed by atoms with Gasteiger partial charge in [-0.15, -0.1) is 0 Å². The largest absolute Gasteiger partial charge is 0.310 e. The average molecular weight is 230 g/mol. The SMILES string of the molecule is CCNC(CSC)c1ccc(Cl)cc1. The smallest absolute Gasteiger partial charge is 0.0411 e. The predicted octanol–water partition coefficient (Wildman–Crippen LogP) is 3.35. The van der Waals surface area contributed by atoms with E-state index < -0.39 is 0 Å². The number of rotatable bonds is 5. The van der Waals surface area contributed by atoms with Crippen molar-refractivity contribution in [2.75, 3.05) is 18.6 Å². The highest BCUT2D eigenvalue weighted by Gasteiger charge is 2.08. The fourth-order valence-electron chi connectivity index (χ4n) is 1.38. The third-order valence-electron chi connectivity index (χ3n) is 2.06. The summed E-state index contributed by atoms with van der Waals surface area (Å²) in [7, 11) is 0. The predicted molar refractivity (Wildman–Crippen MR) is 66.3 cm³/mol. The van der Waals surface area contributed by atoms with Gasteiger partial charge >= 0.3 is 0 Å². The summed E-state index contributed by atoms with van der Waals surface area (Å²) in [6.07, 6.45) is 2.13. The van der Waals surface area contributed by atoms with Crippen LogP contribution in [0.3, 0.4) is 0 Å². The van der Waals surface area contributed by atoms with Gasteiger partial charge in [0.05, 0.1) is 0 Å². The van der Waals surface area contributed by atoms with Gasteiger partial charge in [-0.05, 0) is 30.5 Å². The van der Waals surface area contributed by atoms with Crippen molar-refractivity contribution in [2.45, 2.75) is 13.0 Å². The maximum absolute atomic E-state index is 5.84. The molecular formula is C11H16ClNS. The van der Waals surface area contributed by atoms with Crippen LogP contribution < -0.4 is 5.32 Å². The number of hydrogen-bond donors (Lipinski definition) is 1. The molecule has 0 radical (unpaired) electrons. The second-order valence-electron chi connectivity index (χ2n) is 3.12. The van der Waals surface area contributed by atoms with Crippen LogP contribution in [-0.2, 0) is 0 Å². The fourth-order valence-corrected chi connectivity index (χ4v) is 2.15. The molecule has 0 aliphatic carbocycles. The molecule has 1 unspecified atom stereocenters. The topological polar surface area (TPSA) is 12.0 Å². The van der Waals surface area contributed by atoms with Gasteiger partial charge in [0.25, 0.3) is 0 Å². The zero-order valence-corrected chi connectivity index (χ0v) is 10.2. The van der Waals surface area contributed by atoms with Crippen molar-refractivity contribution in [1.29, 1.82) is 0 Å². The van der Waals surface area contributed by atoms with Crippen LogP contribution in [0.4, 0.5) is 0 Å². The molecule has 1 rings (SSSR count). The molecule has 1 N–H and O–H groups in total. The first-order valence-corrected chi connectivity index (χ1v) is 6.53. The van der Waals surface area contributed by atoms with Crippen LogP contribution in [0.25, 0.3) is 0 Å². The standard InChI is InChI=1S/C11H16ClNS/c1-3-13-11(8-14-2)9-4-6-10(12)7-5-9/h4-7,11,13H,3,8H2,1-2H3. The summed E-state index contributed by atoms with van der Waals surface area (Å²) < 4.78 is 0.